The summed E-state index contributed by atoms with van der Waals surface area (Å²) in [4.78, 5) is 21.1. The number of anilines is 1. The summed E-state index contributed by atoms with van der Waals surface area (Å²) >= 11 is 0. The van der Waals surface area contributed by atoms with E-state index in [1.165, 1.54) is 6.39 Å². The van der Waals surface area contributed by atoms with Gasteiger partial charge in [0.05, 0.1) is 11.2 Å². The van der Waals surface area contributed by atoms with E-state index in [2.05, 4.69) is 15.3 Å². The fraction of sp³-hybridized carbons (Fsp3) is 0.0500. The topological polar surface area (TPSA) is 68.0 Å². The van der Waals surface area contributed by atoms with Crippen LogP contribution in [0.15, 0.2) is 71.6 Å². The third-order valence-electron chi connectivity index (χ3n) is 3.96. The highest BCUT2D eigenvalue weighted by Gasteiger charge is 2.19. The van der Waals surface area contributed by atoms with Crippen LogP contribution in [0, 0.1) is 6.92 Å². The molecule has 2 aromatic heterocycles. The van der Waals surface area contributed by atoms with Gasteiger partial charge in [-0.2, -0.15) is 0 Å². The molecule has 1 N–H and O–H groups in total. The fourth-order valence-corrected chi connectivity index (χ4v) is 2.79. The molecule has 25 heavy (non-hydrogen) atoms. The number of hydrogen-bond donors (Lipinski definition) is 1. The predicted octanol–water partition coefficient (Wildman–Crippen LogP) is 4.45. The SMILES string of the molecule is Cc1cccc(-c2ocnc2C(=O)Nc2cccc3ncccc23)c1. The number of fused-ring (bicyclic) bond motifs is 1. The Hall–Kier alpha value is -3.47. The lowest BCUT2D eigenvalue weighted by atomic mass is 10.1. The lowest BCUT2D eigenvalue weighted by Crippen LogP contribution is -2.13. The van der Waals surface area contributed by atoms with Gasteiger partial charge in [-0.15, -0.1) is 0 Å². The van der Waals surface area contributed by atoms with E-state index in [1.54, 1.807) is 6.20 Å². The lowest BCUT2D eigenvalue weighted by molar-refractivity contribution is 0.102. The van der Waals surface area contributed by atoms with Crippen LogP contribution in [0.2, 0.25) is 0 Å². The summed E-state index contributed by atoms with van der Waals surface area (Å²) in [5.74, 6) is 0.140. The van der Waals surface area contributed by atoms with Gasteiger partial charge < -0.3 is 9.73 Å². The Kier molecular flexibility index (Phi) is 3.74. The zero-order chi connectivity index (χ0) is 17.2. The quantitative estimate of drug-likeness (QED) is 0.603. The lowest BCUT2D eigenvalue weighted by Gasteiger charge is -2.08. The van der Waals surface area contributed by atoms with Crippen molar-refractivity contribution in [1.29, 1.82) is 0 Å². The molecular weight excluding hydrogens is 314 g/mol. The molecule has 0 aliphatic rings. The number of benzene rings is 2. The Labute approximate surface area is 144 Å². The van der Waals surface area contributed by atoms with E-state index in [0.717, 1.165) is 22.0 Å². The van der Waals surface area contributed by atoms with Crippen LogP contribution < -0.4 is 5.32 Å². The Morgan fingerprint density at radius 2 is 1.92 bits per heavy atom. The van der Waals surface area contributed by atoms with Crippen LogP contribution in [0.25, 0.3) is 22.2 Å². The predicted molar refractivity (Wildman–Crippen MR) is 96.4 cm³/mol. The molecule has 0 bridgehead atoms. The van der Waals surface area contributed by atoms with Gasteiger partial charge in [0.2, 0.25) is 0 Å². The highest BCUT2D eigenvalue weighted by atomic mass is 16.3. The van der Waals surface area contributed by atoms with Gasteiger partial charge in [-0.3, -0.25) is 9.78 Å². The summed E-state index contributed by atoms with van der Waals surface area (Å²) in [5.41, 5.74) is 3.67. The Morgan fingerprint density at radius 3 is 2.80 bits per heavy atom. The number of hydrogen-bond acceptors (Lipinski definition) is 4. The van der Waals surface area contributed by atoms with Crippen LogP contribution >= 0.6 is 0 Å². The molecule has 0 aliphatic heterocycles. The third-order valence-corrected chi connectivity index (χ3v) is 3.96. The number of aromatic nitrogens is 2. The van der Waals surface area contributed by atoms with Crippen LogP contribution in [0.3, 0.4) is 0 Å². The minimum Gasteiger partial charge on any atom is -0.443 e. The monoisotopic (exact) mass is 329 g/mol. The molecule has 2 aromatic carbocycles. The summed E-state index contributed by atoms with van der Waals surface area (Å²) in [5, 5.41) is 3.78. The van der Waals surface area contributed by atoms with E-state index in [9.17, 15) is 4.79 Å². The number of carbonyl (C=O) groups excluding carboxylic acids is 1. The molecule has 0 atom stereocenters. The van der Waals surface area contributed by atoms with Gasteiger partial charge in [0.15, 0.2) is 17.8 Å². The number of carbonyl (C=O) groups is 1. The second-order valence-electron chi connectivity index (χ2n) is 5.73. The molecule has 1 amide bonds. The van der Waals surface area contributed by atoms with Crippen molar-refractivity contribution in [1.82, 2.24) is 9.97 Å². The van der Waals surface area contributed by atoms with E-state index in [1.807, 2.05) is 61.5 Å². The van der Waals surface area contributed by atoms with Crippen molar-refractivity contribution in [3.63, 3.8) is 0 Å². The molecule has 0 fully saturated rings. The van der Waals surface area contributed by atoms with Crippen LogP contribution in [0.1, 0.15) is 16.1 Å². The largest absolute Gasteiger partial charge is 0.443 e. The molecule has 2 heterocycles. The maximum Gasteiger partial charge on any atom is 0.278 e. The maximum atomic E-state index is 12.7. The molecule has 0 saturated carbocycles. The van der Waals surface area contributed by atoms with Crippen molar-refractivity contribution in [2.45, 2.75) is 6.92 Å². The molecule has 4 aromatic rings. The van der Waals surface area contributed by atoms with Crippen molar-refractivity contribution in [2.24, 2.45) is 0 Å². The number of oxazole rings is 1. The second-order valence-corrected chi connectivity index (χ2v) is 5.73. The Balaban J connectivity index is 1.70. The van der Waals surface area contributed by atoms with Gasteiger partial charge >= 0.3 is 0 Å². The first-order chi connectivity index (χ1) is 12.2. The molecule has 5 heteroatoms. The first-order valence-corrected chi connectivity index (χ1v) is 7.88. The minimum atomic E-state index is -0.318. The van der Waals surface area contributed by atoms with Gasteiger partial charge in [-0.25, -0.2) is 4.98 Å². The van der Waals surface area contributed by atoms with E-state index in [4.69, 9.17) is 4.42 Å². The highest BCUT2D eigenvalue weighted by Crippen LogP contribution is 2.26. The number of nitrogens with one attached hydrogen (secondary N) is 1. The molecule has 0 radical (unpaired) electrons. The summed E-state index contributed by atoms with van der Waals surface area (Å²) in [6.45, 7) is 1.99. The minimum absolute atomic E-state index is 0.256. The first kappa shape index (κ1) is 15.1. The Bertz CT molecular complexity index is 1060. The van der Waals surface area contributed by atoms with Crippen molar-refractivity contribution in [3.05, 3.63) is 78.4 Å². The van der Waals surface area contributed by atoms with Crippen LogP contribution in [-0.4, -0.2) is 15.9 Å². The fourth-order valence-electron chi connectivity index (χ4n) is 2.79. The van der Waals surface area contributed by atoms with Crippen LogP contribution in [-0.2, 0) is 0 Å². The van der Waals surface area contributed by atoms with Crippen molar-refractivity contribution in [2.75, 3.05) is 5.32 Å². The van der Waals surface area contributed by atoms with E-state index >= 15 is 0 Å². The smallest absolute Gasteiger partial charge is 0.278 e. The summed E-state index contributed by atoms with van der Waals surface area (Å²) < 4.78 is 5.47. The zero-order valence-electron chi connectivity index (χ0n) is 13.6. The van der Waals surface area contributed by atoms with Crippen molar-refractivity contribution >= 4 is 22.5 Å². The first-order valence-electron chi connectivity index (χ1n) is 7.88. The molecule has 4 rings (SSSR count). The molecule has 122 valence electrons. The van der Waals surface area contributed by atoms with E-state index in [0.29, 0.717) is 11.4 Å². The van der Waals surface area contributed by atoms with Crippen molar-refractivity contribution < 1.29 is 9.21 Å². The normalized spacial score (nSPS) is 10.8. The van der Waals surface area contributed by atoms with Gasteiger partial charge in [0.1, 0.15) is 0 Å². The number of aryl methyl sites for hydroxylation is 1. The molecule has 5 nitrogen and oxygen atoms in total. The average Bonchev–Trinajstić information content (AvgIpc) is 3.12. The van der Waals surface area contributed by atoms with Crippen molar-refractivity contribution in [3.8, 4) is 11.3 Å². The Morgan fingerprint density at radius 1 is 1.04 bits per heavy atom. The molecular formula is C20H15N3O2. The number of pyridine rings is 1. The van der Waals surface area contributed by atoms with E-state index < -0.39 is 0 Å². The molecule has 0 spiro atoms. The van der Waals surface area contributed by atoms with E-state index in [-0.39, 0.29) is 11.6 Å². The van der Waals surface area contributed by atoms with Gasteiger partial charge in [0.25, 0.3) is 5.91 Å². The number of nitrogens with zero attached hydrogens (tertiary/aromatic N) is 2. The standard InChI is InChI=1S/C20H15N3O2/c1-13-5-2-6-14(11-13)19-18(22-12-25-19)20(24)23-17-9-3-8-16-15(17)7-4-10-21-16/h2-12H,1H3,(H,23,24). The molecule has 0 saturated heterocycles. The highest BCUT2D eigenvalue weighted by molar-refractivity contribution is 6.10. The number of amides is 1. The summed E-state index contributed by atoms with van der Waals surface area (Å²) in [6, 6.07) is 17.1. The molecule has 0 unspecified atom stereocenters. The zero-order valence-corrected chi connectivity index (χ0v) is 13.6. The summed E-state index contributed by atoms with van der Waals surface area (Å²) in [7, 11) is 0. The van der Waals surface area contributed by atoms with Gasteiger partial charge in [0, 0.05) is 17.1 Å². The maximum absolute atomic E-state index is 12.7. The number of rotatable bonds is 3. The average molecular weight is 329 g/mol. The summed E-state index contributed by atoms with van der Waals surface area (Å²) in [6.07, 6.45) is 3.01. The third kappa shape index (κ3) is 2.87. The second kappa shape index (κ2) is 6.20. The van der Waals surface area contributed by atoms with Gasteiger partial charge in [-0.1, -0.05) is 29.8 Å². The van der Waals surface area contributed by atoms with Crippen LogP contribution in [0.4, 0.5) is 5.69 Å². The van der Waals surface area contributed by atoms with Crippen LogP contribution in [0.5, 0.6) is 0 Å². The van der Waals surface area contributed by atoms with Gasteiger partial charge in [-0.05, 0) is 37.3 Å². The molecule has 0 aliphatic carbocycles.